The van der Waals surface area contributed by atoms with Gasteiger partial charge in [-0.1, -0.05) is 30.3 Å². The van der Waals surface area contributed by atoms with Crippen LogP contribution in [0.1, 0.15) is 24.0 Å². The minimum atomic E-state index is -4.44. The van der Waals surface area contributed by atoms with Crippen molar-refractivity contribution < 1.29 is 18.0 Å². The normalized spacial score (nSPS) is 14.7. The quantitative estimate of drug-likeness (QED) is 0.576. The van der Waals surface area contributed by atoms with E-state index in [0.717, 1.165) is 22.4 Å². The molecule has 0 bridgehead atoms. The third kappa shape index (κ3) is 5.97. The molecular weight excluding hydrogens is 463 g/mol. The number of aromatic nitrogens is 3. The summed E-state index contributed by atoms with van der Waals surface area (Å²) < 4.78 is 40.5. The van der Waals surface area contributed by atoms with Gasteiger partial charge in [0, 0.05) is 37.6 Å². The monoisotopic (exact) mass is 487 g/mol. The minimum absolute atomic E-state index is 0.181. The highest BCUT2D eigenvalue weighted by Gasteiger charge is 2.31. The van der Waals surface area contributed by atoms with Crippen LogP contribution >= 0.6 is 0 Å². The van der Waals surface area contributed by atoms with Crippen LogP contribution in [0, 0.1) is 0 Å². The number of carbonyl (C=O) groups excluding carboxylic acids is 1. The van der Waals surface area contributed by atoms with Gasteiger partial charge in [0.05, 0.1) is 12.1 Å². The predicted octanol–water partition coefficient (Wildman–Crippen LogP) is 2.26. The number of carbonyl (C=O) groups is 1. The van der Waals surface area contributed by atoms with Crippen LogP contribution in [-0.2, 0) is 24.1 Å². The van der Waals surface area contributed by atoms with E-state index in [2.05, 4.69) is 10.3 Å². The maximum absolute atomic E-state index is 12.8. The van der Waals surface area contributed by atoms with Crippen LogP contribution in [0.2, 0.25) is 0 Å². The first-order valence-electron chi connectivity index (χ1n) is 11.1. The van der Waals surface area contributed by atoms with Crippen molar-refractivity contribution in [3.8, 4) is 0 Å². The molecule has 184 valence electrons. The molecule has 1 saturated heterocycles. The second-order valence-corrected chi connectivity index (χ2v) is 8.37. The van der Waals surface area contributed by atoms with Crippen molar-refractivity contribution in [3.05, 3.63) is 92.9 Å². The molecule has 1 amide bonds. The number of anilines is 1. The summed E-state index contributed by atoms with van der Waals surface area (Å²) in [5.41, 5.74) is -1.04. The Morgan fingerprint density at radius 1 is 1.03 bits per heavy atom. The van der Waals surface area contributed by atoms with Crippen LogP contribution in [0.15, 0.2) is 70.5 Å². The van der Waals surface area contributed by atoms with E-state index in [1.165, 1.54) is 22.9 Å². The number of rotatable bonds is 6. The second kappa shape index (κ2) is 10.2. The molecular formula is C24H24F3N5O3. The average molecular weight is 487 g/mol. The highest BCUT2D eigenvalue weighted by molar-refractivity contribution is 5.76. The lowest BCUT2D eigenvalue weighted by Gasteiger charge is -2.33. The largest absolute Gasteiger partial charge is 0.417 e. The van der Waals surface area contributed by atoms with Gasteiger partial charge in [-0.2, -0.15) is 13.2 Å². The van der Waals surface area contributed by atoms with Crippen molar-refractivity contribution in [1.29, 1.82) is 0 Å². The Morgan fingerprint density at radius 3 is 2.37 bits per heavy atom. The molecule has 1 aliphatic rings. The Bertz CT molecular complexity index is 1280. The van der Waals surface area contributed by atoms with Crippen LogP contribution in [0.25, 0.3) is 0 Å². The van der Waals surface area contributed by atoms with Crippen LogP contribution in [-0.4, -0.2) is 39.2 Å². The van der Waals surface area contributed by atoms with Crippen molar-refractivity contribution in [2.24, 2.45) is 0 Å². The Morgan fingerprint density at radius 2 is 1.74 bits per heavy atom. The first-order valence-corrected chi connectivity index (χ1v) is 11.1. The van der Waals surface area contributed by atoms with E-state index >= 15 is 0 Å². The molecule has 0 saturated carbocycles. The molecule has 8 nitrogen and oxygen atoms in total. The third-order valence-corrected chi connectivity index (χ3v) is 5.90. The molecule has 3 aromatic rings. The highest BCUT2D eigenvalue weighted by Crippen LogP contribution is 2.29. The van der Waals surface area contributed by atoms with Gasteiger partial charge in [0.2, 0.25) is 5.91 Å². The maximum Gasteiger partial charge on any atom is 0.417 e. The van der Waals surface area contributed by atoms with E-state index in [1.54, 1.807) is 0 Å². The Hall–Kier alpha value is -3.89. The average Bonchev–Trinajstić information content (AvgIpc) is 2.84. The lowest BCUT2D eigenvalue weighted by molar-refractivity contribution is -0.137. The van der Waals surface area contributed by atoms with Crippen LogP contribution in [0.4, 0.5) is 19.0 Å². The summed E-state index contributed by atoms with van der Waals surface area (Å²) in [6.45, 7) is 0.878. The summed E-state index contributed by atoms with van der Waals surface area (Å²) in [5, 5.41) is 2.85. The molecule has 0 unspecified atom stereocenters. The lowest BCUT2D eigenvalue weighted by atomic mass is 10.0. The lowest BCUT2D eigenvalue weighted by Crippen LogP contribution is -2.48. The minimum Gasteiger partial charge on any atom is -0.356 e. The molecule has 35 heavy (non-hydrogen) atoms. The number of alkyl halides is 3. The fourth-order valence-corrected chi connectivity index (χ4v) is 4.01. The Balaban J connectivity index is 1.34. The molecule has 0 spiro atoms. The van der Waals surface area contributed by atoms with E-state index in [-0.39, 0.29) is 12.6 Å². The number of nitrogens with zero attached hydrogens (tertiary/aromatic N) is 4. The predicted molar refractivity (Wildman–Crippen MR) is 123 cm³/mol. The van der Waals surface area contributed by atoms with Gasteiger partial charge in [-0.3, -0.25) is 18.7 Å². The van der Waals surface area contributed by atoms with E-state index < -0.39 is 35.4 Å². The first-order chi connectivity index (χ1) is 16.7. The highest BCUT2D eigenvalue weighted by atomic mass is 19.4. The van der Waals surface area contributed by atoms with Crippen molar-refractivity contribution >= 4 is 11.7 Å². The molecule has 1 aromatic carbocycles. The fraction of sp³-hybridized carbons (Fsp3) is 0.333. The molecule has 2 aromatic heterocycles. The number of piperidine rings is 1. The molecule has 0 radical (unpaired) electrons. The number of hydrogen-bond acceptors (Lipinski definition) is 5. The molecule has 3 heterocycles. The van der Waals surface area contributed by atoms with Gasteiger partial charge in [-0.25, -0.2) is 9.78 Å². The molecule has 1 fully saturated rings. The van der Waals surface area contributed by atoms with Crippen molar-refractivity contribution in [3.63, 3.8) is 0 Å². The topological polar surface area (TPSA) is 89.2 Å². The van der Waals surface area contributed by atoms with Gasteiger partial charge in [-0.15, -0.1) is 0 Å². The number of hydrogen-bond donors (Lipinski definition) is 1. The number of benzene rings is 1. The van der Waals surface area contributed by atoms with Gasteiger partial charge in [-0.05, 0) is 30.5 Å². The molecule has 0 atom stereocenters. The van der Waals surface area contributed by atoms with E-state index in [4.69, 9.17) is 0 Å². The fourth-order valence-electron chi connectivity index (χ4n) is 4.01. The summed E-state index contributed by atoms with van der Waals surface area (Å²) in [7, 11) is 0. The van der Waals surface area contributed by atoms with E-state index in [9.17, 15) is 27.6 Å². The molecule has 1 aliphatic heterocycles. The van der Waals surface area contributed by atoms with Gasteiger partial charge in [0.1, 0.15) is 12.4 Å². The van der Waals surface area contributed by atoms with Gasteiger partial charge in [0.15, 0.2) is 0 Å². The summed E-state index contributed by atoms with van der Waals surface area (Å²) in [5.74, 6) is -0.00894. The zero-order chi connectivity index (χ0) is 25.0. The zero-order valence-corrected chi connectivity index (χ0v) is 18.7. The van der Waals surface area contributed by atoms with Crippen molar-refractivity contribution in [2.75, 3.05) is 18.0 Å². The smallest absolute Gasteiger partial charge is 0.356 e. The Kier molecular flexibility index (Phi) is 7.04. The number of pyridine rings is 1. The standard InChI is InChI=1S/C24H24F3N5O3/c25-24(26,27)18-6-7-20(28-14-18)30-11-8-19(9-12-30)29-21(33)16-32-22(34)10-13-31(23(32)35)15-17-4-2-1-3-5-17/h1-7,10,13-14,19H,8-9,11-12,15-16H2,(H,29,33). The zero-order valence-electron chi connectivity index (χ0n) is 18.7. The van der Waals surface area contributed by atoms with Crippen molar-refractivity contribution in [1.82, 2.24) is 19.4 Å². The summed E-state index contributed by atoms with van der Waals surface area (Å²) in [6.07, 6.45) is -1.11. The summed E-state index contributed by atoms with van der Waals surface area (Å²) in [4.78, 5) is 43.4. The first kappa shape index (κ1) is 24.2. The van der Waals surface area contributed by atoms with Crippen LogP contribution < -0.4 is 21.5 Å². The molecule has 11 heteroatoms. The van der Waals surface area contributed by atoms with E-state index in [0.29, 0.717) is 31.7 Å². The Labute approximate surface area is 198 Å². The number of nitrogens with one attached hydrogen (secondary N) is 1. The number of halogens is 3. The molecule has 1 N–H and O–H groups in total. The van der Waals surface area contributed by atoms with Gasteiger partial charge >= 0.3 is 11.9 Å². The molecule has 0 aliphatic carbocycles. The summed E-state index contributed by atoms with van der Waals surface area (Å²) >= 11 is 0. The summed E-state index contributed by atoms with van der Waals surface area (Å²) in [6, 6.07) is 12.7. The van der Waals surface area contributed by atoms with Gasteiger partial charge in [0.25, 0.3) is 5.56 Å². The van der Waals surface area contributed by atoms with Crippen LogP contribution in [0.3, 0.4) is 0 Å². The number of amides is 1. The van der Waals surface area contributed by atoms with E-state index in [1.807, 2.05) is 35.2 Å². The molecule has 4 rings (SSSR count). The van der Waals surface area contributed by atoms with Crippen molar-refractivity contribution in [2.45, 2.75) is 38.1 Å². The van der Waals surface area contributed by atoms with Gasteiger partial charge < -0.3 is 10.2 Å². The SMILES string of the molecule is O=C(Cn1c(=O)ccn(Cc2ccccc2)c1=O)NC1CCN(c2ccc(C(F)(F)F)cn2)CC1. The third-order valence-electron chi connectivity index (χ3n) is 5.90. The second-order valence-electron chi connectivity index (χ2n) is 8.37. The van der Waals surface area contributed by atoms with Crippen LogP contribution in [0.5, 0.6) is 0 Å². The maximum atomic E-state index is 12.8.